The van der Waals surface area contributed by atoms with Gasteiger partial charge in [-0.25, -0.2) is 0 Å². The van der Waals surface area contributed by atoms with Crippen LogP contribution in [0, 0.1) is 12.8 Å². The quantitative estimate of drug-likeness (QED) is 0.828. The number of benzene rings is 1. The van der Waals surface area contributed by atoms with Crippen molar-refractivity contribution in [3.8, 4) is 0 Å². The molecule has 1 aliphatic rings. The number of halogens is 4. The molecule has 1 N–H and O–H groups in total. The van der Waals surface area contributed by atoms with Crippen molar-refractivity contribution in [2.45, 2.75) is 17.2 Å². The van der Waals surface area contributed by atoms with Crippen molar-refractivity contribution in [2.75, 3.05) is 0 Å². The molecular formula is C11H8Cl4O2. The fourth-order valence-corrected chi connectivity index (χ4v) is 3.18. The van der Waals surface area contributed by atoms with Gasteiger partial charge in [-0.2, -0.15) is 0 Å². The molecule has 1 saturated carbocycles. The summed E-state index contributed by atoms with van der Waals surface area (Å²) in [7, 11) is 0. The molecule has 92 valence electrons. The molecule has 0 amide bonds. The maximum Gasteiger partial charge on any atom is 0.310 e. The summed E-state index contributed by atoms with van der Waals surface area (Å²) in [5.74, 6) is -2.26. The summed E-state index contributed by atoms with van der Waals surface area (Å²) in [6.45, 7) is 1.79. The number of aryl methyl sites for hydroxylation is 1. The number of rotatable bonds is 2. The zero-order chi connectivity index (χ0) is 13.0. The molecule has 0 radical (unpaired) electrons. The van der Waals surface area contributed by atoms with E-state index < -0.39 is 22.1 Å². The Kier molecular flexibility index (Phi) is 3.28. The van der Waals surface area contributed by atoms with Crippen LogP contribution in [0.5, 0.6) is 0 Å². The minimum absolute atomic E-state index is 0.377. The van der Waals surface area contributed by atoms with Crippen molar-refractivity contribution in [3.63, 3.8) is 0 Å². The van der Waals surface area contributed by atoms with Crippen LogP contribution in [0.2, 0.25) is 10.0 Å². The predicted octanol–water partition coefficient (Wildman–Crippen LogP) is 4.27. The molecule has 1 aliphatic carbocycles. The van der Waals surface area contributed by atoms with Gasteiger partial charge in [-0.05, 0) is 24.1 Å². The Balaban J connectivity index is 2.41. The van der Waals surface area contributed by atoms with Crippen LogP contribution in [0.25, 0.3) is 0 Å². The van der Waals surface area contributed by atoms with E-state index in [1.165, 1.54) is 0 Å². The lowest BCUT2D eigenvalue weighted by molar-refractivity contribution is -0.138. The highest BCUT2D eigenvalue weighted by molar-refractivity contribution is 6.53. The van der Waals surface area contributed by atoms with Gasteiger partial charge < -0.3 is 5.11 Å². The van der Waals surface area contributed by atoms with E-state index in [0.717, 1.165) is 5.56 Å². The highest BCUT2D eigenvalue weighted by Crippen LogP contribution is 2.65. The monoisotopic (exact) mass is 312 g/mol. The fourth-order valence-electron chi connectivity index (χ4n) is 1.98. The molecule has 0 spiro atoms. The van der Waals surface area contributed by atoms with E-state index in [4.69, 9.17) is 51.5 Å². The van der Waals surface area contributed by atoms with E-state index in [-0.39, 0.29) is 0 Å². The molecule has 0 aromatic heterocycles. The first-order chi connectivity index (χ1) is 7.76. The number of hydrogen-bond acceptors (Lipinski definition) is 1. The summed E-state index contributed by atoms with van der Waals surface area (Å²) in [5.41, 5.74) is 1.48. The number of carbonyl (C=O) groups is 1. The molecule has 0 saturated heterocycles. The lowest BCUT2D eigenvalue weighted by Gasteiger charge is -2.06. The second-order valence-electron chi connectivity index (χ2n) is 4.10. The normalized spacial score (nSPS) is 25.7. The second kappa shape index (κ2) is 4.20. The molecule has 1 aromatic rings. The van der Waals surface area contributed by atoms with Gasteiger partial charge in [-0.1, -0.05) is 52.5 Å². The van der Waals surface area contributed by atoms with Gasteiger partial charge in [0.25, 0.3) is 0 Å². The Morgan fingerprint density at radius 1 is 1.35 bits per heavy atom. The van der Waals surface area contributed by atoms with E-state index in [2.05, 4.69) is 0 Å². The predicted molar refractivity (Wildman–Crippen MR) is 69.5 cm³/mol. The van der Waals surface area contributed by atoms with Crippen LogP contribution in [-0.4, -0.2) is 15.4 Å². The number of carboxylic acids is 1. The van der Waals surface area contributed by atoms with Gasteiger partial charge in [-0.15, -0.1) is 0 Å². The molecule has 2 unspecified atom stereocenters. The topological polar surface area (TPSA) is 37.3 Å². The van der Waals surface area contributed by atoms with Crippen molar-refractivity contribution >= 4 is 52.4 Å². The minimum atomic E-state index is -1.27. The van der Waals surface area contributed by atoms with Crippen molar-refractivity contribution in [1.82, 2.24) is 0 Å². The molecule has 17 heavy (non-hydrogen) atoms. The first-order valence-corrected chi connectivity index (χ1v) is 6.34. The first-order valence-electron chi connectivity index (χ1n) is 4.83. The van der Waals surface area contributed by atoms with Crippen molar-refractivity contribution in [3.05, 3.63) is 33.3 Å². The Bertz CT molecular complexity index is 475. The summed E-state index contributed by atoms with van der Waals surface area (Å²) in [4.78, 5) is 11.0. The molecule has 2 rings (SSSR count). The van der Waals surface area contributed by atoms with Gasteiger partial charge in [0.15, 0.2) is 0 Å². The van der Waals surface area contributed by atoms with E-state index in [9.17, 15) is 4.79 Å². The van der Waals surface area contributed by atoms with Crippen LogP contribution >= 0.6 is 46.4 Å². The van der Waals surface area contributed by atoms with Gasteiger partial charge in [0.2, 0.25) is 0 Å². The molecule has 2 nitrogen and oxygen atoms in total. The number of carboxylic acid groups (broad SMARTS) is 1. The first kappa shape index (κ1) is 13.3. The Hall–Kier alpha value is -0.150. The van der Waals surface area contributed by atoms with Crippen LogP contribution in [0.1, 0.15) is 17.0 Å². The Morgan fingerprint density at radius 3 is 2.35 bits per heavy atom. The molecule has 6 heteroatoms. The zero-order valence-electron chi connectivity index (χ0n) is 8.68. The molecule has 0 aliphatic heterocycles. The van der Waals surface area contributed by atoms with E-state index >= 15 is 0 Å². The van der Waals surface area contributed by atoms with Crippen molar-refractivity contribution in [1.29, 1.82) is 0 Å². The van der Waals surface area contributed by atoms with Crippen LogP contribution in [-0.2, 0) is 4.79 Å². The van der Waals surface area contributed by atoms with E-state index in [1.807, 2.05) is 0 Å². The summed E-state index contributed by atoms with van der Waals surface area (Å²) in [6, 6.07) is 3.38. The van der Waals surface area contributed by atoms with Gasteiger partial charge >= 0.3 is 5.97 Å². The number of aliphatic carboxylic acids is 1. The molecule has 2 atom stereocenters. The lowest BCUT2D eigenvalue weighted by atomic mass is 10.1. The van der Waals surface area contributed by atoms with Crippen LogP contribution in [0.15, 0.2) is 12.1 Å². The SMILES string of the molecule is Cc1cc(C2C(C(=O)O)C2(Cl)Cl)cc(Cl)c1Cl. The third-order valence-electron chi connectivity index (χ3n) is 2.91. The Labute approximate surface area is 118 Å². The molecule has 1 fully saturated rings. The molecule has 1 aromatic carbocycles. The number of hydrogen-bond donors (Lipinski definition) is 1. The van der Waals surface area contributed by atoms with Crippen LogP contribution in [0.3, 0.4) is 0 Å². The van der Waals surface area contributed by atoms with Gasteiger partial charge in [-0.3, -0.25) is 4.79 Å². The van der Waals surface area contributed by atoms with Crippen molar-refractivity contribution in [2.24, 2.45) is 5.92 Å². The smallest absolute Gasteiger partial charge is 0.310 e. The molecule has 0 heterocycles. The second-order valence-corrected chi connectivity index (χ2v) is 6.33. The Morgan fingerprint density at radius 2 is 1.94 bits per heavy atom. The molecule has 0 bridgehead atoms. The van der Waals surface area contributed by atoms with Crippen LogP contribution in [0.4, 0.5) is 0 Å². The van der Waals surface area contributed by atoms with Gasteiger partial charge in [0.1, 0.15) is 4.33 Å². The average molecular weight is 314 g/mol. The average Bonchev–Trinajstić information content (AvgIpc) is 2.77. The third kappa shape index (κ3) is 2.12. The van der Waals surface area contributed by atoms with Crippen LogP contribution < -0.4 is 0 Å². The van der Waals surface area contributed by atoms with Crippen molar-refractivity contribution < 1.29 is 9.90 Å². The highest BCUT2D eigenvalue weighted by Gasteiger charge is 2.68. The largest absolute Gasteiger partial charge is 0.481 e. The van der Waals surface area contributed by atoms with Gasteiger partial charge in [0.05, 0.1) is 16.0 Å². The number of alkyl halides is 2. The van der Waals surface area contributed by atoms with Gasteiger partial charge in [0, 0.05) is 5.92 Å². The fraction of sp³-hybridized carbons (Fsp3) is 0.364. The molecular weight excluding hydrogens is 306 g/mol. The minimum Gasteiger partial charge on any atom is -0.481 e. The summed E-state index contributed by atoms with van der Waals surface area (Å²) in [6.07, 6.45) is 0. The lowest BCUT2D eigenvalue weighted by Crippen LogP contribution is -2.03. The summed E-state index contributed by atoms with van der Waals surface area (Å²) in [5, 5.41) is 9.82. The standard InChI is InChI=1S/C11H8Cl4O2/c1-4-2-5(3-6(12)9(4)13)7-8(10(16)17)11(7,14)15/h2-3,7-8H,1H3,(H,16,17). The summed E-state index contributed by atoms with van der Waals surface area (Å²) >= 11 is 23.8. The highest BCUT2D eigenvalue weighted by atomic mass is 35.5. The zero-order valence-corrected chi connectivity index (χ0v) is 11.7. The third-order valence-corrected chi connectivity index (χ3v) is 4.75. The van der Waals surface area contributed by atoms with E-state index in [1.54, 1.807) is 19.1 Å². The maximum absolute atomic E-state index is 11.0. The summed E-state index contributed by atoms with van der Waals surface area (Å²) < 4.78 is -1.27. The van der Waals surface area contributed by atoms with E-state index in [0.29, 0.717) is 15.6 Å². The maximum atomic E-state index is 11.0.